The third-order valence-corrected chi connectivity index (χ3v) is 8.86. The number of likely N-dealkylation sites (tertiary alicyclic amines) is 1. The van der Waals surface area contributed by atoms with Gasteiger partial charge in [0.1, 0.15) is 12.6 Å². The third-order valence-electron chi connectivity index (χ3n) is 7.23. The Morgan fingerprint density at radius 2 is 1.66 bits per heavy atom. The lowest BCUT2D eigenvalue weighted by molar-refractivity contribution is -0.138. The van der Waals surface area contributed by atoms with E-state index in [9.17, 15) is 19.5 Å². The SMILES string of the molecule is O=C(O)CCC(NC(=O)OCC1c2ccccc2-c2ccccc21)C(=O)N1CCC2CCC(C1)S2. The number of nitrogens with one attached hydrogen (secondary N) is 1. The van der Waals surface area contributed by atoms with Crippen LogP contribution in [0.3, 0.4) is 0 Å². The molecule has 35 heavy (non-hydrogen) atoms. The Kier molecular flexibility index (Phi) is 7.00. The number of rotatable bonds is 7. The summed E-state index contributed by atoms with van der Waals surface area (Å²) in [6.45, 7) is 1.43. The van der Waals surface area contributed by atoms with Gasteiger partial charge in [0.25, 0.3) is 0 Å². The van der Waals surface area contributed by atoms with Crippen molar-refractivity contribution in [3.05, 3.63) is 59.7 Å². The summed E-state index contributed by atoms with van der Waals surface area (Å²) in [7, 11) is 0. The van der Waals surface area contributed by atoms with Crippen molar-refractivity contribution < 1.29 is 24.2 Å². The first-order chi connectivity index (χ1) is 17.0. The first-order valence-corrected chi connectivity index (χ1v) is 13.2. The van der Waals surface area contributed by atoms with Crippen molar-refractivity contribution in [2.24, 2.45) is 0 Å². The van der Waals surface area contributed by atoms with Gasteiger partial charge in [-0.2, -0.15) is 11.8 Å². The lowest BCUT2D eigenvalue weighted by atomic mass is 9.98. The predicted molar refractivity (Wildman–Crippen MR) is 134 cm³/mol. The molecular weight excluding hydrogens is 464 g/mol. The van der Waals surface area contributed by atoms with Gasteiger partial charge in [-0.1, -0.05) is 48.5 Å². The molecule has 2 fully saturated rings. The van der Waals surface area contributed by atoms with Gasteiger partial charge in [-0.3, -0.25) is 9.59 Å². The van der Waals surface area contributed by atoms with Crippen LogP contribution in [0, 0.1) is 0 Å². The number of carboxylic acid groups (broad SMARTS) is 1. The zero-order valence-electron chi connectivity index (χ0n) is 19.5. The van der Waals surface area contributed by atoms with Crippen LogP contribution in [0.5, 0.6) is 0 Å². The molecule has 184 valence electrons. The van der Waals surface area contributed by atoms with Crippen molar-refractivity contribution in [1.29, 1.82) is 0 Å². The fraction of sp³-hybridized carbons (Fsp3) is 0.444. The molecule has 2 N–H and O–H groups in total. The van der Waals surface area contributed by atoms with E-state index in [2.05, 4.69) is 17.4 Å². The molecule has 3 aliphatic rings. The smallest absolute Gasteiger partial charge is 0.407 e. The van der Waals surface area contributed by atoms with Crippen LogP contribution in [0.4, 0.5) is 4.79 Å². The van der Waals surface area contributed by atoms with Crippen molar-refractivity contribution >= 4 is 29.7 Å². The van der Waals surface area contributed by atoms with E-state index in [-0.39, 0.29) is 31.3 Å². The zero-order valence-corrected chi connectivity index (χ0v) is 20.3. The number of hydrogen-bond donors (Lipinski definition) is 2. The fourth-order valence-corrected chi connectivity index (χ4v) is 7.09. The van der Waals surface area contributed by atoms with E-state index in [1.807, 2.05) is 48.2 Å². The first kappa shape index (κ1) is 23.7. The topological polar surface area (TPSA) is 95.9 Å². The minimum atomic E-state index is -0.998. The molecule has 0 spiro atoms. The van der Waals surface area contributed by atoms with Gasteiger partial charge in [-0.25, -0.2) is 4.79 Å². The summed E-state index contributed by atoms with van der Waals surface area (Å²) in [5, 5.41) is 12.9. The van der Waals surface area contributed by atoms with Crippen LogP contribution >= 0.6 is 11.8 Å². The number of nitrogens with zero attached hydrogens (tertiary/aromatic N) is 1. The number of ether oxygens (including phenoxy) is 1. The molecule has 8 heteroatoms. The standard InChI is InChI=1S/C27H30N2O5S/c30-25(31)12-11-24(26(32)29-14-13-17-9-10-18(15-29)35-17)28-27(33)34-16-23-21-7-3-1-5-19(21)20-6-2-4-8-22(20)23/h1-8,17-18,23-24H,9-16H2,(H,28,33)(H,30,31). The Bertz CT molecular complexity index is 1080. The number of amides is 2. The molecule has 2 heterocycles. The molecule has 2 amide bonds. The molecule has 2 bridgehead atoms. The highest BCUT2D eigenvalue weighted by Gasteiger charge is 2.35. The van der Waals surface area contributed by atoms with Crippen molar-refractivity contribution in [3.63, 3.8) is 0 Å². The third kappa shape index (κ3) is 5.17. The van der Waals surface area contributed by atoms with Gasteiger partial charge in [0, 0.05) is 35.9 Å². The average Bonchev–Trinajstić information content (AvgIpc) is 3.36. The lowest BCUT2D eigenvalue weighted by Gasteiger charge is -2.29. The number of hydrogen-bond acceptors (Lipinski definition) is 5. The Morgan fingerprint density at radius 3 is 2.34 bits per heavy atom. The van der Waals surface area contributed by atoms with Crippen LogP contribution in [0.25, 0.3) is 11.1 Å². The maximum absolute atomic E-state index is 13.3. The van der Waals surface area contributed by atoms with Gasteiger partial charge in [0.05, 0.1) is 0 Å². The number of carbonyl (C=O) groups is 3. The van der Waals surface area contributed by atoms with E-state index in [4.69, 9.17) is 4.74 Å². The molecule has 2 aromatic carbocycles. The summed E-state index contributed by atoms with van der Waals surface area (Å²) in [5.74, 6) is -1.30. The van der Waals surface area contributed by atoms with E-state index >= 15 is 0 Å². The highest BCUT2D eigenvalue weighted by molar-refractivity contribution is 8.00. The lowest BCUT2D eigenvalue weighted by Crippen LogP contribution is -2.50. The maximum atomic E-state index is 13.3. The number of carbonyl (C=O) groups excluding carboxylic acids is 2. The van der Waals surface area contributed by atoms with Gasteiger partial charge in [-0.05, 0) is 47.9 Å². The van der Waals surface area contributed by atoms with Crippen molar-refractivity contribution in [2.75, 3.05) is 19.7 Å². The predicted octanol–water partition coefficient (Wildman–Crippen LogP) is 4.26. The van der Waals surface area contributed by atoms with Crippen LogP contribution in [-0.4, -0.2) is 64.2 Å². The average molecular weight is 495 g/mol. The largest absolute Gasteiger partial charge is 0.481 e. The Labute approximate surface area is 209 Å². The van der Waals surface area contributed by atoms with E-state index in [1.54, 1.807) is 4.90 Å². The van der Waals surface area contributed by atoms with Crippen LogP contribution in [0.1, 0.15) is 49.1 Å². The molecule has 3 unspecified atom stereocenters. The minimum absolute atomic E-state index is 0.0378. The Hall–Kier alpha value is -3.00. The summed E-state index contributed by atoms with van der Waals surface area (Å²) in [5.41, 5.74) is 4.49. The van der Waals surface area contributed by atoms with Crippen LogP contribution in [-0.2, 0) is 14.3 Å². The summed E-state index contributed by atoms with van der Waals surface area (Å²) >= 11 is 1.95. The highest BCUT2D eigenvalue weighted by Crippen LogP contribution is 2.44. The van der Waals surface area contributed by atoms with E-state index < -0.39 is 18.1 Å². The second-order valence-corrected chi connectivity index (χ2v) is 11.1. The monoisotopic (exact) mass is 494 g/mol. The molecule has 0 radical (unpaired) electrons. The molecule has 7 nitrogen and oxygen atoms in total. The van der Waals surface area contributed by atoms with E-state index in [0.717, 1.165) is 35.1 Å². The second-order valence-electron chi connectivity index (χ2n) is 9.49. The van der Waals surface area contributed by atoms with Gasteiger partial charge < -0.3 is 20.1 Å². The summed E-state index contributed by atoms with van der Waals surface area (Å²) in [6, 6.07) is 15.3. The molecule has 5 rings (SSSR count). The second kappa shape index (κ2) is 10.3. The first-order valence-electron chi connectivity index (χ1n) is 12.3. The van der Waals surface area contributed by atoms with Crippen LogP contribution < -0.4 is 5.32 Å². The number of alkyl carbamates (subject to hydrolysis) is 1. The Morgan fingerprint density at radius 1 is 1.00 bits per heavy atom. The van der Waals surface area contributed by atoms with Crippen molar-refractivity contribution in [3.8, 4) is 11.1 Å². The molecule has 0 saturated carbocycles. The van der Waals surface area contributed by atoms with Gasteiger partial charge in [0.15, 0.2) is 0 Å². The molecule has 2 saturated heterocycles. The molecule has 0 aromatic heterocycles. The number of fused-ring (bicyclic) bond motifs is 5. The quantitative estimate of drug-likeness (QED) is 0.597. The molecule has 2 aromatic rings. The van der Waals surface area contributed by atoms with Gasteiger partial charge in [-0.15, -0.1) is 0 Å². The summed E-state index contributed by atoms with van der Waals surface area (Å²) < 4.78 is 5.62. The van der Waals surface area contributed by atoms with Crippen LogP contribution in [0.2, 0.25) is 0 Å². The van der Waals surface area contributed by atoms with E-state index in [1.165, 1.54) is 6.42 Å². The summed E-state index contributed by atoms with van der Waals surface area (Å²) in [4.78, 5) is 39.1. The number of aliphatic carboxylic acids is 1. The van der Waals surface area contributed by atoms with Crippen molar-refractivity contribution in [2.45, 2.75) is 54.6 Å². The molecule has 2 aliphatic heterocycles. The van der Waals surface area contributed by atoms with Gasteiger partial charge in [0.2, 0.25) is 5.91 Å². The van der Waals surface area contributed by atoms with Gasteiger partial charge >= 0.3 is 12.1 Å². The number of thioether (sulfide) groups is 1. The number of carboxylic acids is 1. The fourth-order valence-electron chi connectivity index (χ4n) is 5.49. The zero-order chi connectivity index (χ0) is 24.4. The highest BCUT2D eigenvalue weighted by atomic mass is 32.2. The number of benzene rings is 2. The normalized spacial score (nSPS) is 21.5. The summed E-state index contributed by atoms with van der Waals surface area (Å²) in [6.07, 6.45) is 2.37. The maximum Gasteiger partial charge on any atom is 0.407 e. The van der Waals surface area contributed by atoms with Crippen molar-refractivity contribution in [1.82, 2.24) is 10.2 Å². The van der Waals surface area contributed by atoms with E-state index in [0.29, 0.717) is 23.6 Å². The molecule has 1 aliphatic carbocycles. The minimum Gasteiger partial charge on any atom is -0.481 e. The molecular formula is C27H30N2O5S. The molecule has 3 atom stereocenters. The Balaban J connectivity index is 1.25. The van der Waals surface area contributed by atoms with Crippen LogP contribution in [0.15, 0.2) is 48.5 Å².